The second-order valence-corrected chi connectivity index (χ2v) is 6.48. The molecule has 5 nitrogen and oxygen atoms in total. The number of para-hydroxylation sites is 1. The van der Waals surface area contributed by atoms with E-state index in [0.29, 0.717) is 28.8 Å². The monoisotopic (exact) mass is 353 g/mol. The van der Waals surface area contributed by atoms with Crippen molar-refractivity contribution in [2.45, 2.75) is 26.0 Å². The lowest BCUT2D eigenvalue weighted by molar-refractivity contribution is 0.105. The van der Waals surface area contributed by atoms with Crippen LogP contribution in [0.4, 0.5) is 0 Å². The van der Waals surface area contributed by atoms with E-state index in [1.165, 1.54) is 0 Å². The molecule has 0 aliphatic heterocycles. The van der Waals surface area contributed by atoms with E-state index in [0.717, 1.165) is 5.56 Å². The van der Waals surface area contributed by atoms with Crippen molar-refractivity contribution in [3.8, 4) is 16.9 Å². The lowest BCUT2D eigenvalue weighted by atomic mass is 10.0. The number of aliphatic hydroxyl groups excluding tert-OH is 1. The van der Waals surface area contributed by atoms with Gasteiger partial charge in [-0.2, -0.15) is 0 Å². The first-order valence-electron chi connectivity index (χ1n) is 8.71. The van der Waals surface area contributed by atoms with E-state index in [-0.39, 0.29) is 12.6 Å². The highest BCUT2D eigenvalue weighted by Crippen LogP contribution is 2.34. The predicted octanol–water partition coefficient (Wildman–Crippen LogP) is 3.20. The van der Waals surface area contributed by atoms with Gasteiger partial charge in [-0.15, -0.1) is 0 Å². The highest BCUT2D eigenvalue weighted by Gasteiger charge is 2.18. The number of fused-ring (bicyclic) bond motifs is 1. The van der Waals surface area contributed by atoms with Crippen LogP contribution < -0.4 is 15.7 Å². The molecule has 1 unspecified atom stereocenters. The zero-order chi connectivity index (χ0) is 18.5. The standard InChI is InChI=1S/C21H23NO4/c1-14(2)22-12-16(23)13-25-20-17-10-6-7-11-18(17)26-21(24)19(20)15-8-4-3-5-9-15/h3-11,14,16,22-23H,12-13H2,1-2H3. The Hall–Kier alpha value is -2.63. The number of aliphatic hydroxyl groups is 1. The summed E-state index contributed by atoms with van der Waals surface area (Å²) in [5.74, 6) is 0.437. The van der Waals surface area contributed by atoms with Gasteiger partial charge < -0.3 is 19.6 Å². The van der Waals surface area contributed by atoms with E-state index >= 15 is 0 Å². The Kier molecular flexibility index (Phi) is 5.71. The molecule has 0 fully saturated rings. The number of hydrogen-bond acceptors (Lipinski definition) is 5. The SMILES string of the molecule is CC(C)NCC(O)COc1c(-c2ccccc2)c(=O)oc2ccccc12. The fourth-order valence-electron chi connectivity index (χ4n) is 2.74. The van der Waals surface area contributed by atoms with Crippen molar-refractivity contribution in [2.75, 3.05) is 13.2 Å². The van der Waals surface area contributed by atoms with Crippen LogP contribution in [0.3, 0.4) is 0 Å². The third-order valence-electron chi connectivity index (χ3n) is 4.01. The molecule has 3 aromatic rings. The first-order chi connectivity index (χ1) is 12.6. The van der Waals surface area contributed by atoms with Crippen molar-refractivity contribution < 1.29 is 14.3 Å². The zero-order valence-corrected chi connectivity index (χ0v) is 14.9. The number of nitrogens with one attached hydrogen (secondary N) is 1. The Balaban J connectivity index is 2.00. The molecule has 0 amide bonds. The minimum Gasteiger partial charge on any atom is -0.489 e. The molecular formula is C21H23NO4. The maximum atomic E-state index is 12.6. The van der Waals surface area contributed by atoms with Gasteiger partial charge in [0.05, 0.1) is 5.39 Å². The van der Waals surface area contributed by atoms with Gasteiger partial charge in [0, 0.05) is 12.6 Å². The summed E-state index contributed by atoms with van der Waals surface area (Å²) in [6, 6.07) is 16.8. The van der Waals surface area contributed by atoms with Crippen molar-refractivity contribution in [2.24, 2.45) is 0 Å². The molecule has 1 heterocycles. The van der Waals surface area contributed by atoms with Crippen molar-refractivity contribution in [3.05, 3.63) is 65.0 Å². The van der Waals surface area contributed by atoms with Gasteiger partial charge >= 0.3 is 5.63 Å². The van der Waals surface area contributed by atoms with Gasteiger partial charge in [-0.1, -0.05) is 56.3 Å². The molecule has 2 N–H and O–H groups in total. The van der Waals surface area contributed by atoms with Crippen LogP contribution >= 0.6 is 0 Å². The lowest BCUT2D eigenvalue weighted by Crippen LogP contribution is -2.35. The van der Waals surface area contributed by atoms with Crippen molar-refractivity contribution >= 4 is 11.0 Å². The number of ether oxygens (including phenoxy) is 1. The van der Waals surface area contributed by atoms with Gasteiger partial charge in [0.1, 0.15) is 29.6 Å². The summed E-state index contributed by atoms with van der Waals surface area (Å²) in [5, 5.41) is 14.0. The lowest BCUT2D eigenvalue weighted by Gasteiger charge is -2.17. The van der Waals surface area contributed by atoms with Gasteiger partial charge in [0.15, 0.2) is 0 Å². The van der Waals surface area contributed by atoms with Crippen LogP contribution in [0.25, 0.3) is 22.1 Å². The average molecular weight is 353 g/mol. The first-order valence-corrected chi connectivity index (χ1v) is 8.71. The summed E-state index contributed by atoms with van der Waals surface area (Å²) in [7, 11) is 0. The predicted molar refractivity (Wildman–Crippen MR) is 103 cm³/mol. The van der Waals surface area contributed by atoms with Gasteiger partial charge in [-0.05, 0) is 17.7 Å². The van der Waals surface area contributed by atoms with Crippen molar-refractivity contribution in [1.29, 1.82) is 0 Å². The van der Waals surface area contributed by atoms with Crippen LogP contribution in [0.1, 0.15) is 13.8 Å². The van der Waals surface area contributed by atoms with Gasteiger partial charge in [0.2, 0.25) is 0 Å². The Morgan fingerprint density at radius 2 is 1.77 bits per heavy atom. The normalized spacial score (nSPS) is 12.5. The van der Waals surface area contributed by atoms with Crippen LogP contribution in [-0.4, -0.2) is 30.4 Å². The maximum absolute atomic E-state index is 12.6. The molecule has 0 radical (unpaired) electrons. The molecule has 3 rings (SSSR count). The smallest absolute Gasteiger partial charge is 0.347 e. The molecule has 5 heteroatoms. The molecule has 0 aliphatic rings. The maximum Gasteiger partial charge on any atom is 0.347 e. The van der Waals surface area contributed by atoms with E-state index in [2.05, 4.69) is 5.32 Å². The fraction of sp³-hybridized carbons (Fsp3) is 0.286. The van der Waals surface area contributed by atoms with Crippen LogP contribution in [0.5, 0.6) is 5.75 Å². The highest BCUT2D eigenvalue weighted by atomic mass is 16.5. The summed E-state index contributed by atoms with van der Waals surface area (Å²) in [6.07, 6.45) is -0.688. The Labute approximate surface area is 152 Å². The summed E-state index contributed by atoms with van der Waals surface area (Å²) in [4.78, 5) is 12.6. The third-order valence-corrected chi connectivity index (χ3v) is 4.01. The first kappa shape index (κ1) is 18.2. The summed E-state index contributed by atoms with van der Waals surface area (Å²) >= 11 is 0. The minimum absolute atomic E-state index is 0.0764. The summed E-state index contributed by atoms with van der Waals surface area (Å²) in [5.41, 5.74) is 1.09. The second kappa shape index (κ2) is 8.17. The van der Waals surface area contributed by atoms with E-state index in [1.807, 2.05) is 56.3 Å². The van der Waals surface area contributed by atoms with Gasteiger partial charge in [-0.3, -0.25) is 0 Å². The van der Waals surface area contributed by atoms with E-state index < -0.39 is 11.7 Å². The zero-order valence-electron chi connectivity index (χ0n) is 14.9. The molecule has 0 bridgehead atoms. The highest BCUT2D eigenvalue weighted by molar-refractivity contribution is 5.90. The molecule has 0 spiro atoms. The van der Waals surface area contributed by atoms with Gasteiger partial charge in [-0.25, -0.2) is 4.79 Å². The Morgan fingerprint density at radius 3 is 2.50 bits per heavy atom. The van der Waals surface area contributed by atoms with Crippen molar-refractivity contribution in [1.82, 2.24) is 5.32 Å². The Bertz CT molecular complexity index is 918. The topological polar surface area (TPSA) is 71.7 Å². The largest absolute Gasteiger partial charge is 0.489 e. The second-order valence-electron chi connectivity index (χ2n) is 6.48. The molecule has 0 aliphatic carbocycles. The molecule has 0 saturated heterocycles. The fourth-order valence-corrected chi connectivity index (χ4v) is 2.74. The van der Waals surface area contributed by atoms with Crippen LogP contribution in [0.2, 0.25) is 0 Å². The van der Waals surface area contributed by atoms with Gasteiger partial charge in [0.25, 0.3) is 0 Å². The molecule has 136 valence electrons. The van der Waals surface area contributed by atoms with Crippen LogP contribution in [-0.2, 0) is 0 Å². The molecule has 26 heavy (non-hydrogen) atoms. The Morgan fingerprint density at radius 1 is 1.08 bits per heavy atom. The molecule has 2 aromatic carbocycles. The number of hydrogen-bond donors (Lipinski definition) is 2. The molecule has 1 aromatic heterocycles. The van der Waals surface area contributed by atoms with Crippen molar-refractivity contribution in [3.63, 3.8) is 0 Å². The number of rotatable bonds is 7. The third kappa shape index (κ3) is 4.12. The van der Waals surface area contributed by atoms with E-state index in [1.54, 1.807) is 12.1 Å². The number of benzene rings is 2. The average Bonchev–Trinajstić information content (AvgIpc) is 2.64. The quantitative estimate of drug-likeness (QED) is 0.638. The minimum atomic E-state index is -0.688. The summed E-state index contributed by atoms with van der Waals surface area (Å²) in [6.45, 7) is 4.51. The summed E-state index contributed by atoms with van der Waals surface area (Å²) < 4.78 is 11.4. The molecular weight excluding hydrogens is 330 g/mol. The van der Waals surface area contributed by atoms with E-state index in [4.69, 9.17) is 9.15 Å². The van der Waals surface area contributed by atoms with Crippen LogP contribution in [0.15, 0.2) is 63.8 Å². The molecule has 1 atom stereocenters. The molecule has 0 saturated carbocycles. The van der Waals surface area contributed by atoms with Crippen LogP contribution in [0, 0.1) is 0 Å². The van der Waals surface area contributed by atoms with E-state index in [9.17, 15) is 9.90 Å².